The number of rotatable bonds is 3. The highest BCUT2D eigenvalue weighted by Crippen LogP contribution is 2.29. The molecular formula is C14H17ClN2O2S2. The first-order valence-electron chi connectivity index (χ1n) is 6.51. The average Bonchev–Trinajstić information content (AvgIpc) is 2.98. The maximum absolute atomic E-state index is 12.6. The molecule has 1 atom stereocenters. The van der Waals surface area contributed by atoms with Crippen molar-refractivity contribution in [3.8, 4) is 11.8 Å². The van der Waals surface area contributed by atoms with Gasteiger partial charge in [-0.1, -0.05) is 23.4 Å². The summed E-state index contributed by atoms with van der Waals surface area (Å²) in [7, 11) is -1.96. The van der Waals surface area contributed by atoms with Gasteiger partial charge in [0.05, 0.1) is 11.6 Å². The van der Waals surface area contributed by atoms with E-state index in [4.69, 9.17) is 17.3 Å². The normalized spacial score (nSPS) is 18.6. The second-order valence-electron chi connectivity index (χ2n) is 4.69. The van der Waals surface area contributed by atoms with Crippen LogP contribution in [0.1, 0.15) is 12.0 Å². The van der Waals surface area contributed by atoms with Crippen LogP contribution in [0.25, 0.3) is 0 Å². The van der Waals surface area contributed by atoms with Gasteiger partial charge in [-0.2, -0.15) is 16.1 Å². The quantitative estimate of drug-likeness (QED) is 0.849. The third-order valence-corrected chi connectivity index (χ3v) is 6.88. The molecule has 0 saturated carbocycles. The number of halogens is 1. The maximum atomic E-state index is 12.6. The van der Waals surface area contributed by atoms with Gasteiger partial charge in [-0.25, -0.2) is 8.42 Å². The molecule has 2 N–H and O–H groups in total. The molecule has 2 rings (SSSR count). The van der Waals surface area contributed by atoms with Crippen molar-refractivity contribution >= 4 is 33.4 Å². The highest BCUT2D eigenvalue weighted by Gasteiger charge is 2.31. The molecule has 0 spiro atoms. The van der Waals surface area contributed by atoms with Crippen molar-refractivity contribution in [2.45, 2.75) is 17.4 Å². The van der Waals surface area contributed by atoms with Crippen molar-refractivity contribution in [1.29, 1.82) is 0 Å². The zero-order valence-electron chi connectivity index (χ0n) is 11.7. The van der Waals surface area contributed by atoms with Crippen molar-refractivity contribution in [2.75, 3.05) is 25.1 Å². The Morgan fingerprint density at radius 2 is 2.29 bits per heavy atom. The number of nitrogens with zero attached hydrogens (tertiary/aromatic N) is 1. The van der Waals surface area contributed by atoms with E-state index < -0.39 is 10.0 Å². The molecule has 4 nitrogen and oxygen atoms in total. The minimum atomic E-state index is -3.58. The van der Waals surface area contributed by atoms with Crippen molar-refractivity contribution in [1.82, 2.24) is 4.31 Å². The number of sulfonamides is 1. The molecule has 1 aliphatic rings. The summed E-state index contributed by atoms with van der Waals surface area (Å²) in [6.45, 7) is 0.250. The SMILES string of the molecule is CN(C1CCSC1)S(=O)(=O)c1ccc(C#CCN)cc1Cl. The van der Waals surface area contributed by atoms with Crippen molar-refractivity contribution < 1.29 is 8.42 Å². The average molecular weight is 345 g/mol. The van der Waals surface area contributed by atoms with Gasteiger partial charge in [-0.3, -0.25) is 0 Å². The number of benzene rings is 1. The van der Waals surface area contributed by atoms with Crippen LogP contribution in [-0.2, 0) is 10.0 Å². The zero-order valence-corrected chi connectivity index (χ0v) is 14.1. The summed E-state index contributed by atoms with van der Waals surface area (Å²) in [6.07, 6.45) is 0.873. The number of thioether (sulfide) groups is 1. The Morgan fingerprint density at radius 1 is 1.52 bits per heavy atom. The van der Waals surface area contributed by atoms with Crippen LogP contribution in [0, 0.1) is 11.8 Å². The molecule has 0 bridgehead atoms. The minimum Gasteiger partial charge on any atom is -0.320 e. The third kappa shape index (κ3) is 3.74. The lowest BCUT2D eigenvalue weighted by Gasteiger charge is -2.23. The Morgan fingerprint density at radius 3 is 2.86 bits per heavy atom. The molecule has 0 aromatic heterocycles. The maximum Gasteiger partial charge on any atom is 0.244 e. The van der Waals surface area contributed by atoms with E-state index >= 15 is 0 Å². The molecule has 1 aliphatic heterocycles. The van der Waals surface area contributed by atoms with Gasteiger partial charge in [0.1, 0.15) is 4.90 Å². The van der Waals surface area contributed by atoms with E-state index in [9.17, 15) is 8.42 Å². The second-order valence-corrected chi connectivity index (χ2v) is 8.21. The highest BCUT2D eigenvalue weighted by molar-refractivity contribution is 7.99. The summed E-state index contributed by atoms with van der Waals surface area (Å²) in [6, 6.07) is 4.76. The molecular weight excluding hydrogens is 328 g/mol. The summed E-state index contributed by atoms with van der Waals surface area (Å²) >= 11 is 7.90. The van der Waals surface area contributed by atoms with E-state index in [-0.39, 0.29) is 22.5 Å². The van der Waals surface area contributed by atoms with Crippen LogP contribution >= 0.6 is 23.4 Å². The first-order valence-corrected chi connectivity index (χ1v) is 9.48. The summed E-state index contributed by atoms with van der Waals surface area (Å²) < 4.78 is 26.7. The Kier molecular flexibility index (Phi) is 5.58. The molecule has 1 unspecified atom stereocenters. The smallest absolute Gasteiger partial charge is 0.244 e. The Hall–Kier alpha value is -0.710. The van der Waals surface area contributed by atoms with Gasteiger partial charge in [0.2, 0.25) is 10.0 Å². The number of hydrogen-bond acceptors (Lipinski definition) is 4. The Balaban J connectivity index is 2.31. The lowest BCUT2D eigenvalue weighted by atomic mass is 10.2. The summed E-state index contributed by atoms with van der Waals surface area (Å²) in [5, 5.41) is 0.191. The fourth-order valence-electron chi connectivity index (χ4n) is 2.10. The first-order chi connectivity index (χ1) is 9.96. The second kappa shape index (κ2) is 7.03. The fraction of sp³-hybridized carbons (Fsp3) is 0.429. The lowest BCUT2D eigenvalue weighted by molar-refractivity contribution is 0.394. The molecule has 7 heteroatoms. The summed E-state index contributed by atoms with van der Waals surface area (Å²) in [5.74, 6) is 7.37. The molecule has 1 aromatic rings. The molecule has 1 saturated heterocycles. The topological polar surface area (TPSA) is 63.4 Å². The van der Waals surface area contributed by atoms with Gasteiger partial charge >= 0.3 is 0 Å². The number of nitrogens with two attached hydrogens (primary N) is 1. The molecule has 0 amide bonds. The lowest BCUT2D eigenvalue weighted by Crippen LogP contribution is -2.37. The summed E-state index contributed by atoms with van der Waals surface area (Å²) in [5.41, 5.74) is 5.97. The zero-order chi connectivity index (χ0) is 15.5. The minimum absolute atomic E-state index is 0.0350. The predicted molar refractivity (Wildman–Crippen MR) is 88.1 cm³/mol. The van der Waals surface area contributed by atoms with Crippen molar-refractivity contribution in [2.24, 2.45) is 5.73 Å². The molecule has 1 aromatic carbocycles. The fourth-order valence-corrected chi connectivity index (χ4v) is 5.36. The Bertz CT molecular complexity index is 674. The van der Waals surface area contributed by atoms with E-state index in [0.717, 1.165) is 17.9 Å². The van der Waals surface area contributed by atoms with Crippen LogP contribution in [0.2, 0.25) is 5.02 Å². The molecule has 0 aliphatic carbocycles. The standard InChI is InChI=1S/C14H17ClN2O2S2/c1-17(12-6-8-20-10-12)21(18,19)14-5-4-11(3-2-7-16)9-13(14)15/h4-5,9,12H,6-8,10,16H2,1H3. The van der Waals surface area contributed by atoms with Crippen molar-refractivity contribution in [3.05, 3.63) is 28.8 Å². The third-order valence-electron chi connectivity index (χ3n) is 3.34. The van der Waals surface area contributed by atoms with E-state index in [1.807, 2.05) is 0 Å². The predicted octanol–water partition coefficient (Wildman–Crippen LogP) is 1.78. The number of hydrogen-bond donors (Lipinski definition) is 1. The van der Waals surface area contributed by atoms with Gasteiger partial charge in [-0.05, 0) is 30.4 Å². The van der Waals surface area contributed by atoms with Crippen LogP contribution in [0.4, 0.5) is 0 Å². The van der Waals surface area contributed by atoms with Crippen LogP contribution < -0.4 is 5.73 Å². The van der Waals surface area contributed by atoms with E-state index in [1.54, 1.807) is 30.9 Å². The van der Waals surface area contributed by atoms with Gasteiger partial charge in [0.25, 0.3) is 0 Å². The van der Waals surface area contributed by atoms with Gasteiger partial charge in [-0.15, -0.1) is 0 Å². The molecule has 114 valence electrons. The van der Waals surface area contributed by atoms with Gasteiger partial charge in [0.15, 0.2) is 0 Å². The van der Waals surface area contributed by atoms with Gasteiger partial charge in [0, 0.05) is 24.4 Å². The summed E-state index contributed by atoms with van der Waals surface area (Å²) in [4.78, 5) is 0.127. The van der Waals surface area contributed by atoms with Crippen LogP contribution in [0.3, 0.4) is 0 Å². The van der Waals surface area contributed by atoms with E-state index in [1.165, 1.54) is 10.4 Å². The van der Waals surface area contributed by atoms with Crippen molar-refractivity contribution in [3.63, 3.8) is 0 Å². The van der Waals surface area contributed by atoms with Crippen LogP contribution in [0.5, 0.6) is 0 Å². The monoisotopic (exact) mass is 344 g/mol. The van der Waals surface area contributed by atoms with E-state index in [0.29, 0.717) is 5.56 Å². The van der Waals surface area contributed by atoms with E-state index in [2.05, 4.69) is 11.8 Å². The molecule has 1 heterocycles. The first kappa shape index (κ1) is 16.7. The molecule has 21 heavy (non-hydrogen) atoms. The molecule has 1 fully saturated rings. The van der Waals surface area contributed by atoms with Gasteiger partial charge < -0.3 is 5.73 Å². The largest absolute Gasteiger partial charge is 0.320 e. The Labute approximate surface area is 135 Å². The highest BCUT2D eigenvalue weighted by atomic mass is 35.5. The van der Waals surface area contributed by atoms with Crippen LogP contribution in [0.15, 0.2) is 23.1 Å². The van der Waals surface area contributed by atoms with Crippen LogP contribution in [-0.4, -0.2) is 43.9 Å². The molecule has 0 radical (unpaired) electrons.